The van der Waals surface area contributed by atoms with Crippen molar-refractivity contribution in [3.05, 3.63) is 27.9 Å². The van der Waals surface area contributed by atoms with Crippen LogP contribution in [0.5, 0.6) is 0 Å². The summed E-state index contributed by atoms with van der Waals surface area (Å²) in [5, 5.41) is 2.07. The topological polar surface area (TPSA) is 54.7 Å². The van der Waals surface area contributed by atoms with Crippen LogP contribution in [-0.4, -0.2) is 16.5 Å². The van der Waals surface area contributed by atoms with Gasteiger partial charge < -0.3 is 10.7 Å². The van der Waals surface area contributed by atoms with E-state index in [4.69, 9.17) is 5.73 Å². The standard InChI is InChI=1S/C11H14BrN3S/c12-8-5-10(16-7-8)9-6-14-11(15-9)3-1-2-4-13/h5-7H,1-4,13H2,(H,14,15). The molecule has 2 rings (SSSR count). The van der Waals surface area contributed by atoms with E-state index in [0.29, 0.717) is 0 Å². The fourth-order valence-electron chi connectivity index (χ4n) is 1.51. The van der Waals surface area contributed by atoms with Gasteiger partial charge in [0.15, 0.2) is 0 Å². The summed E-state index contributed by atoms with van der Waals surface area (Å²) in [5.41, 5.74) is 6.55. The lowest BCUT2D eigenvalue weighted by Gasteiger charge is -1.95. The molecule has 0 aromatic carbocycles. The largest absolute Gasteiger partial charge is 0.341 e. The first kappa shape index (κ1) is 11.8. The van der Waals surface area contributed by atoms with Gasteiger partial charge in [0.2, 0.25) is 0 Å². The number of hydrogen-bond acceptors (Lipinski definition) is 3. The van der Waals surface area contributed by atoms with Gasteiger partial charge in [-0.2, -0.15) is 0 Å². The maximum absolute atomic E-state index is 5.46. The third kappa shape index (κ3) is 2.93. The highest BCUT2D eigenvalue weighted by atomic mass is 79.9. The van der Waals surface area contributed by atoms with Crippen LogP contribution in [-0.2, 0) is 6.42 Å². The smallest absolute Gasteiger partial charge is 0.106 e. The Morgan fingerprint density at radius 2 is 2.31 bits per heavy atom. The van der Waals surface area contributed by atoms with Gasteiger partial charge in [0.05, 0.1) is 16.8 Å². The first-order valence-electron chi connectivity index (χ1n) is 5.28. The highest BCUT2D eigenvalue weighted by Gasteiger charge is 2.05. The van der Waals surface area contributed by atoms with E-state index in [1.54, 1.807) is 11.3 Å². The Bertz CT molecular complexity index is 450. The van der Waals surface area contributed by atoms with E-state index in [0.717, 1.165) is 41.8 Å². The molecule has 0 aliphatic carbocycles. The Morgan fingerprint density at radius 3 is 3.00 bits per heavy atom. The Morgan fingerprint density at radius 1 is 1.44 bits per heavy atom. The molecule has 2 aromatic heterocycles. The first-order valence-corrected chi connectivity index (χ1v) is 6.95. The average molecular weight is 300 g/mol. The number of hydrogen-bond donors (Lipinski definition) is 2. The molecule has 2 heterocycles. The van der Waals surface area contributed by atoms with Crippen molar-refractivity contribution in [2.24, 2.45) is 5.73 Å². The van der Waals surface area contributed by atoms with Gasteiger partial charge in [-0.05, 0) is 41.4 Å². The molecule has 16 heavy (non-hydrogen) atoms. The molecule has 0 amide bonds. The summed E-state index contributed by atoms with van der Waals surface area (Å²) in [6, 6.07) is 2.10. The van der Waals surface area contributed by atoms with E-state index < -0.39 is 0 Å². The summed E-state index contributed by atoms with van der Waals surface area (Å²) in [6.07, 6.45) is 5.03. The van der Waals surface area contributed by atoms with Gasteiger partial charge in [-0.15, -0.1) is 11.3 Å². The highest BCUT2D eigenvalue weighted by molar-refractivity contribution is 9.10. The molecule has 0 atom stereocenters. The van der Waals surface area contributed by atoms with E-state index >= 15 is 0 Å². The second-order valence-corrected chi connectivity index (χ2v) is 5.45. The van der Waals surface area contributed by atoms with E-state index in [9.17, 15) is 0 Å². The van der Waals surface area contributed by atoms with Crippen molar-refractivity contribution in [2.75, 3.05) is 6.54 Å². The normalized spacial score (nSPS) is 10.9. The van der Waals surface area contributed by atoms with Gasteiger partial charge in [0.25, 0.3) is 0 Å². The van der Waals surface area contributed by atoms with Crippen LogP contribution in [0.15, 0.2) is 22.1 Å². The van der Waals surface area contributed by atoms with Crippen molar-refractivity contribution in [1.82, 2.24) is 9.97 Å². The van der Waals surface area contributed by atoms with Gasteiger partial charge in [-0.3, -0.25) is 0 Å². The number of nitrogens with two attached hydrogens (primary N) is 1. The van der Waals surface area contributed by atoms with Crippen molar-refractivity contribution in [1.29, 1.82) is 0 Å². The van der Waals surface area contributed by atoms with E-state index in [1.807, 2.05) is 6.20 Å². The quantitative estimate of drug-likeness (QED) is 0.833. The predicted molar refractivity (Wildman–Crippen MR) is 71.6 cm³/mol. The molecule has 0 fully saturated rings. The van der Waals surface area contributed by atoms with Crippen molar-refractivity contribution in [3.8, 4) is 10.6 Å². The molecule has 3 nitrogen and oxygen atoms in total. The van der Waals surface area contributed by atoms with Gasteiger partial charge in [0, 0.05) is 16.3 Å². The number of nitrogens with zero attached hydrogens (tertiary/aromatic N) is 1. The van der Waals surface area contributed by atoms with Gasteiger partial charge in [0.1, 0.15) is 5.82 Å². The number of aromatic amines is 1. The molecule has 0 bridgehead atoms. The lowest BCUT2D eigenvalue weighted by atomic mass is 10.2. The molecule has 0 saturated heterocycles. The minimum absolute atomic E-state index is 0.755. The van der Waals surface area contributed by atoms with Crippen molar-refractivity contribution in [2.45, 2.75) is 19.3 Å². The molecule has 5 heteroatoms. The molecular weight excluding hydrogens is 286 g/mol. The van der Waals surface area contributed by atoms with Crippen LogP contribution in [0.4, 0.5) is 0 Å². The minimum Gasteiger partial charge on any atom is -0.341 e. The summed E-state index contributed by atoms with van der Waals surface area (Å²) in [6.45, 7) is 0.755. The van der Waals surface area contributed by atoms with E-state index in [1.165, 1.54) is 4.88 Å². The molecule has 86 valence electrons. The maximum Gasteiger partial charge on any atom is 0.106 e. The number of thiophene rings is 1. The van der Waals surface area contributed by atoms with Crippen LogP contribution in [0.1, 0.15) is 18.7 Å². The molecule has 0 aliphatic heterocycles. The van der Waals surface area contributed by atoms with Gasteiger partial charge >= 0.3 is 0 Å². The summed E-state index contributed by atoms with van der Waals surface area (Å²) in [7, 11) is 0. The fraction of sp³-hybridized carbons (Fsp3) is 0.364. The summed E-state index contributed by atoms with van der Waals surface area (Å²) in [5.74, 6) is 1.05. The monoisotopic (exact) mass is 299 g/mol. The molecule has 0 unspecified atom stereocenters. The van der Waals surface area contributed by atoms with E-state index in [2.05, 4.69) is 37.3 Å². The van der Waals surface area contributed by atoms with Gasteiger partial charge in [-0.25, -0.2) is 4.98 Å². The number of rotatable bonds is 5. The highest BCUT2D eigenvalue weighted by Crippen LogP contribution is 2.28. The molecule has 2 aromatic rings. The van der Waals surface area contributed by atoms with Crippen molar-refractivity contribution in [3.63, 3.8) is 0 Å². The van der Waals surface area contributed by atoms with Crippen LogP contribution >= 0.6 is 27.3 Å². The maximum atomic E-state index is 5.46. The number of H-pyrrole nitrogens is 1. The predicted octanol–water partition coefficient (Wildman–Crippen LogP) is 3.18. The number of halogens is 1. The first-order chi connectivity index (χ1) is 7.79. The molecular formula is C11H14BrN3S. The fourth-order valence-corrected chi connectivity index (χ4v) is 2.90. The summed E-state index contributed by atoms with van der Waals surface area (Å²) in [4.78, 5) is 8.92. The Balaban J connectivity index is 2.02. The van der Waals surface area contributed by atoms with Crippen LogP contribution in [0.3, 0.4) is 0 Å². The zero-order valence-corrected chi connectivity index (χ0v) is 11.3. The second kappa shape index (κ2) is 5.61. The lowest BCUT2D eigenvalue weighted by Crippen LogP contribution is -1.99. The lowest BCUT2D eigenvalue weighted by molar-refractivity contribution is 0.723. The van der Waals surface area contributed by atoms with E-state index in [-0.39, 0.29) is 0 Å². The Hall–Kier alpha value is -0.650. The van der Waals surface area contributed by atoms with Crippen molar-refractivity contribution < 1.29 is 0 Å². The SMILES string of the molecule is NCCCCc1ncc(-c2cc(Br)cs2)[nH]1. The Labute approximate surface area is 107 Å². The second-order valence-electron chi connectivity index (χ2n) is 3.62. The number of aryl methyl sites for hydroxylation is 1. The number of unbranched alkanes of at least 4 members (excludes halogenated alkanes) is 1. The van der Waals surface area contributed by atoms with Crippen LogP contribution in [0.2, 0.25) is 0 Å². The minimum atomic E-state index is 0.755. The third-order valence-electron chi connectivity index (χ3n) is 2.33. The molecule has 3 N–H and O–H groups in total. The molecule has 0 spiro atoms. The van der Waals surface area contributed by atoms with Crippen molar-refractivity contribution >= 4 is 27.3 Å². The average Bonchev–Trinajstić information content (AvgIpc) is 2.87. The number of aromatic nitrogens is 2. The van der Waals surface area contributed by atoms with Crippen LogP contribution in [0.25, 0.3) is 10.6 Å². The summed E-state index contributed by atoms with van der Waals surface area (Å²) < 4.78 is 1.12. The summed E-state index contributed by atoms with van der Waals surface area (Å²) >= 11 is 5.16. The zero-order chi connectivity index (χ0) is 11.4. The third-order valence-corrected chi connectivity index (χ3v) is 4.05. The Kier molecular flexibility index (Phi) is 4.15. The number of imidazole rings is 1. The van der Waals surface area contributed by atoms with Gasteiger partial charge in [-0.1, -0.05) is 0 Å². The van der Waals surface area contributed by atoms with Crippen LogP contribution < -0.4 is 5.73 Å². The van der Waals surface area contributed by atoms with Crippen LogP contribution in [0, 0.1) is 0 Å². The molecule has 0 radical (unpaired) electrons. The number of nitrogens with one attached hydrogen (secondary N) is 1. The zero-order valence-electron chi connectivity index (χ0n) is 8.87. The molecule has 0 aliphatic rings. The molecule has 0 saturated carbocycles.